The molecule has 0 unspecified atom stereocenters. The zero-order valence-corrected chi connectivity index (χ0v) is 20.4. The predicted octanol–water partition coefficient (Wildman–Crippen LogP) is 4.46. The Hall–Kier alpha value is -2.58. The standard InChI is InChI=1S/C26H36N6O2/c1-3-7-24(25-28-29-30-32(25)21-8-4-5-9-21)31(17-22-10-6-13-34-22)16-20-15-19-14-18(2)11-12-23(19)27-26(20)33/h11-12,14-15,21-22,24H,3-10,13,16-17H2,1-2H3,(H,27,33)/t22-,24-/m1/s1. The summed E-state index contributed by atoms with van der Waals surface area (Å²) >= 11 is 0. The summed E-state index contributed by atoms with van der Waals surface area (Å²) in [4.78, 5) is 18.6. The molecule has 0 spiro atoms. The van der Waals surface area contributed by atoms with Crippen LogP contribution in [0.2, 0.25) is 0 Å². The summed E-state index contributed by atoms with van der Waals surface area (Å²) in [6, 6.07) is 8.60. The van der Waals surface area contributed by atoms with Crippen LogP contribution in [0.4, 0.5) is 0 Å². The SMILES string of the molecule is CCC[C@H](c1nnnn1C1CCCC1)N(Cc1cc2cc(C)ccc2[nH]c1=O)C[C@H]1CCCO1. The number of tetrazole rings is 1. The highest BCUT2D eigenvalue weighted by molar-refractivity contribution is 5.79. The lowest BCUT2D eigenvalue weighted by Crippen LogP contribution is -2.38. The molecular weight excluding hydrogens is 428 g/mol. The third-order valence-corrected chi connectivity index (χ3v) is 7.40. The van der Waals surface area contributed by atoms with E-state index >= 15 is 0 Å². The number of hydrogen-bond acceptors (Lipinski definition) is 6. The molecule has 1 aromatic carbocycles. The van der Waals surface area contributed by atoms with Gasteiger partial charge in [-0.25, -0.2) is 4.68 Å². The van der Waals surface area contributed by atoms with E-state index in [1.54, 1.807) is 0 Å². The first-order valence-electron chi connectivity index (χ1n) is 12.9. The number of ether oxygens (including phenoxy) is 1. The lowest BCUT2D eigenvalue weighted by Gasteiger charge is -2.33. The van der Waals surface area contributed by atoms with Crippen molar-refractivity contribution in [3.05, 3.63) is 51.6 Å². The second-order valence-electron chi connectivity index (χ2n) is 10.0. The van der Waals surface area contributed by atoms with Crippen molar-refractivity contribution in [1.82, 2.24) is 30.1 Å². The van der Waals surface area contributed by atoms with Crippen molar-refractivity contribution in [1.29, 1.82) is 0 Å². The van der Waals surface area contributed by atoms with Crippen molar-refractivity contribution in [2.45, 2.75) is 89.9 Å². The molecule has 0 amide bonds. The Balaban J connectivity index is 1.51. The van der Waals surface area contributed by atoms with E-state index in [0.29, 0.717) is 12.6 Å². The molecule has 1 saturated carbocycles. The van der Waals surface area contributed by atoms with E-state index in [4.69, 9.17) is 4.74 Å². The van der Waals surface area contributed by atoms with Crippen molar-refractivity contribution in [3.8, 4) is 0 Å². The van der Waals surface area contributed by atoms with Gasteiger partial charge in [-0.05, 0) is 73.0 Å². The molecule has 8 heteroatoms. The topological polar surface area (TPSA) is 88.9 Å². The van der Waals surface area contributed by atoms with Gasteiger partial charge in [0.25, 0.3) is 5.56 Å². The number of H-pyrrole nitrogens is 1. The van der Waals surface area contributed by atoms with Crippen LogP contribution >= 0.6 is 0 Å². The fraction of sp³-hybridized carbons (Fsp3) is 0.615. The van der Waals surface area contributed by atoms with E-state index in [0.717, 1.165) is 74.0 Å². The van der Waals surface area contributed by atoms with E-state index in [2.05, 4.69) is 50.0 Å². The predicted molar refractivity (Wildman–Crippen MR) is 132 cm³/mol. The van der Waals surface area contributed by atoms with Crippen LogP contribution in [0.25, 0.3) is 10.9 Å². The molecule has 5 rings (SSSR count). The highest BCUT2D eigenvalue weighted by Gasteiger charge is 2.32. The number of aromatic amines is 1. The van der Waals surface area contributed by atoms with Crippen LogP contribution in [-0.4, -0.2) is 49.3 Å². The van der Waals surface area contributed by atoms with E-state index in [1.807, 2.05) is 18.2 Å². The number of aromatic nitrogens is 5. The monoisotopic (exact) mass is 464 g/mol. The molecular formula is C26H36N6O2. The van der Waals surface area contributed by atoms with E-state index in [1.165, 1.54) is 18.4 Å². The van der Waals surface area contributed by atoms with Crippen LogP contribution in [0.1, 0.15) is 87.3 Å². The van der Waals surface area contributed by atoms with Crippen LogP contribution < -0.4 is 5.56 Å². The normalized spacial score (nSPS) is 20.0. The zero-order chi connectivity index (χ0) is 23.5. The maximum atomic E-state index is 13.1. The molecule has 34 heavy (non-hydrogen) atoms. The highest BCUT2D eigenvalue weighted by Crippen LogP contribution is 2.34. The molecule has 2 atom stereocenters. The third kappa shape index (κ3) is 4.93. The Labute approximate surface area is 200 Å². The molecule has 1 N–H and O–H groups in total. The number of fused-ring (bicyclic) bond motifs is 1. The van der Waals surface area contributed by atoms with Crippen molar-refractivity contribution >= 4 is 10.9 Å². The maximum absolute atomic E-state index is 13.1. The maximum Gasteiger partial charge on any atom is 0.252 e. The van der Waals surface area contributed by atoms with Crippen molar-refractivity contribution in [3.63, 3.8) is 0 Å². The minimum Gasteiger partial charge on any atom is -0.377 e. The summed E-state index contributed by atoms with van der Waals surface area (Å²) in [6.45, 7) is 6.40. The Morgan fingerprint density at radius 2 is 2.06 bits per heavy atom. The lowest BCUT2D eigenvalue weighted by atomic mass is 10.0. The number of benzene rings is 1. The largest absolute Gasteiger partial charge is 0.377 e. The molecule has 182 valence electrons. The van der Waals surface area contributed by atoms with E-state index in [-0.39, 0.29) is 17.7 Å². The van der Waals surface area contributed by atoms with Gasteiger partial charge >= 0.3 is 0 Å². The summed E-state index contributed by atoms with van der Waals surface area (Å²) in [5.74, 6) is 0.930. The Morgan fingerprint density at radius 1 is 1.21 bits per heavy atom. The highest BCUT2D eigenvalue weighted by atomic mass is 16.5. The second kappa shape index (κ2) is 10.4. The van der Waals surface area contributed by atoms with Gasteiger partial charge in [-0.2, -0.15) is 0 Å². The minimum atomic E-state index is -0.0284. The summed E-state index contributed by atoms with van der Waals surface area (Å²) in [5, 5.41) is 14.1. The van der Waals surface area contributed by atoms with Gasteiger partial charge in [-0.15, -0.1) is 5.10 Å². The molecule has 0 bridgehead atoms. The van der Waals surface area contributed by atoms with E-state index in [9.17, 15) is 4.79 Å². The quantitative estimate of drug-likeness (QED) is 0.503. The Bertz CT molecular complexity index is 1160. The molecule has 0 radical (unpaired) electrons. The molecule has 2 aromatic heterocycles. The molecule has 8 nitrogen and oxygen atoms in total. The van der Waals surface area contributed by atoms with Crippen LogP contribution in [0.5, 0.6) is 0 Å². The van der Waals surface area contributed by atoms with Gasteiger partial charge in [-0.1, -0.05) is 37.8 Å². The summed E-state index contributed by atoms with van der Waals surface area (Å²) in [7, 11) is 0. The molecule has 2 aliphatic rings. The number of hydrogen-bond donors (Lipinski definition) is 1. The Morgan fingerprint density at radius 3 is 2.82 bits per heavy atom. The first kappa shape index (κ1) is 23.2. The lowest BCUT2D eigenvalue weighted by molar-refractivity contribution is 0.0471. The van der Waals surface area contributed by atoms with Crippen LogP contribution in [0, 0.1) is 6.92 Å². The van der Waals surface area contributed by atoms with Gasteiger partial charge in [0.2, 0.25) is 0 Å². The molecule has 1 aliphatic carbocycles. The second-order valence-corrected chi connectivity index (χ2v) is 10.0. The fourth-order valence-electron chi connectivity index (χ4n) is 5.64. The fourth-order valence-corrected chi connectivity index (χ4v) is 5.64. The number of aryl methyl sites for hydroxylation is 1. The summed E-state index contributed by atoms with van der Waals surface area (Å²) < 4.78 is 8.10. The van der Waals surface area contributed by atoms with Gasteiger partial charge in [-0.3, -0.25) is 9.69 Å². The molecule has 1 aliphatic heterocycles. The minimum absolute atomic E-state index is 0.0284. The first-order valence-corrected chi connectivity index (χ1v) is 12.9. The average molecular weight is 465 g/mol. The number of pyridine rings is 1. The average Bonchev–Trinajstić information content (AvgIpc) is 3.60. The van der Waals surface area contributed by atoms with Crippen LogP contribution in [-0.2, 0) is 11.3 Å². The number of nitrogens with one attached hydrogen (secondary N) is 1. The first-order chi connectivity index (χ1) is 16.6. The van der Waals surface area contributed by atoms with Gasteiger partial charge in [0.1, 0.15) is 0 Å². The summed E-state index contributed by atoms with van der Waals surface area (Å²) in [5.41, 5.74) is 2.80. The van der Waals surface area contributed by atoms with E-state index < -0.39 is 0 Å². The van der Waals surface area contributed by atoms with Gasteiger partial charge in [0.15, 0.2) is 5.82 Å². The Kier molecular flexibility index (Phi) is 7.06. The molecule has 2 fully saturated rings. The zero-order valence-electron chi connectivity index (χ0n) is 20.4. The number of nitrogens with zero attached hydrogens (tertiary/aromatic N) is 5. The van der Waals surface area contributed by atoms with Crippen molar-refractivity contribution in [2.75, 3.05) is 13.2 Å². The van der Waals surface area contributed by atoms with Gasteiger partial charge in [0, 0.05) is 30.8 Å². The van der Waals surface area contributed by atoms with Crippen LogP contribution in [0.3, 0.4) is 0 Å². The molecule has 3 aromatic rings. The van der Waals surface area contributed by atoms with Gasteiger partial charge < -0.3 is 9.72 Å². The van der Waals surface area contributed by atoms with Gasteiger partial charge in [0.05, 0.1) is 18.2 Å². The van der Waals surface area contributed by atoms with Crippen molar-refractivity contribution in [2.24, 2.45) is 0 Å². The molecule has 3 heterocycles. The molecule has 1 saturated heterocycles. The van der Waals surface area contributed by atoms with Crippen LogP contribution in [0.15, 0.2) is 29.1 Å². The smallest absolute Gasteiger partial charge is 0.252 e. The van der Waals surface area contributed by atoms with Crippen molar-refractivity contribution < 1.29 is 4.74 Å². The number of rotatable bonds is 9. The summed E-state index contributed by atoms with van der Waals surface area (Å²) in [6.07, 6.45) is 8.99. The third-order valence-electron chi connectivity index (χ3n) is 7.40.